The van der Waals surface area contributed by atoms with Crippen molar-refractivity contribution in [2.75, 3.05) is 13.1 Å². The highest BCUT2D eigenvalue weighted by Crippen LogP contribution is 2.12. The molecule has 0 aliphatic heterocycles. The molecule has 2 aromatic rings. The van der Waals surface area contributed by atoms with Gasteiger partial charge in [-0.2, -0.15) is 5.10 Å². The van der Waals surface area contributed by atoms with Gasteiger partial charge in [-0.25, -0.2) is 9.98 Å². The van der Waals surface area contributed by atoms with E-state index in [1.165, 1.54) is 4.88 Å². The van der Waals surface area contributed by atoms with Gasteiger partial charge >= 0.3 is 0 Å². The number of hydrogen-bond acceptors (Lipinski definition) is 4. The lowest BCUT2D eigenvalue weighted by Gasteiger charge is -2.11. The molecule has 21 heavy (non-hydrogen) atoms. The van der Waals surface area contributed by atoms with Crippen LogP contribution in [-0.2, 0) is 13.1 Å². The van der Waals surface area contributed by atoms with Gasteiger partial charge in [0.05, 0.1) is 17.7 Å². The third-order valence-corrected chi connectivity index (χ3v) is 3.91. The number of aromatic nitrogens is 3. The molecule has 0 unspecified atom stereocenters. The van der Waals surface area contributed by atoms with Gasteiger partial charge in [0.15, 0.2) is 5.96 Å². The van der Waals surface area contributed by atoms with E-state index in [-0.39, 0.29) is 0 Å². The Balaban J connectivity index is 1.77. The molecule has 0 saturated carbocycles. The summed E-state index contributed by atoms with van der Waals surface area (Å²) in [7, 11) is 0. The molecule has 0 saturated heterocycles. The van der Waals surface area contributed by atoms with Crippen molar-refractivity contribution in [2.45, 2.75) is 33.4 Å². The molecule has 2 rings (SSSR count). The molecule has 114 valence electrons. The van der Waals surface area contributed by atoms with Crippen LogP contribution in [0.5, 0.6) is 0 Å². The minimum Gasteiger partial charge on any atom is -0.357 e. The highest BCUT2D eigenvalue weighted by molar-refractivity contribution is 7.09. The molecule has 0 atom stereocenters. The molecule has 0 bridgehead atoms. The summed E-state index contributed by atoms with van der Waals surface area (Å²) in [6.07, 6.45) is 4.79. The molecule has 2 aromatic heterocycles. The van der Waals surface area contributed by atoms with Crippen molar-refractivity contribution < 1.29 is 0 Å². The highest BCUT2D eigenvalue weighted by atomic mass is 32.1. The predicted octanol–water partition coefficient (Wildman–Crippen LogP) is 1.79. The molecule has 0 amide bonds. The lowest BCUT2D eigenvalue weighted by atomic mass is 10.4. The zero-order valence-electron chi connectivity index (χ0n) is 12.5. The van der Waals surface area contributed by atoms with Gasteiger partial charge in [0.1, 0.15) is 0 Å². The monoisotopic (exact) mass is 306 g/mol. The maximum Gasteiger partial charge on any atom is 0.191 e. The Bertz CT molecular complexity index is 546. The van der Waals surface area contributed by atoms with Crippen LogP contribution < -0.4 is 10.6 Å². The first-order valence-corrected chi connectivity index (χ1v) is 8.06. The number of guanidine groups is 1. The second-order valence-electron chi connectivity index (χ2n) is 4.61. The number of aryl methyl sites for hydroxylation is 2. The Hall–Kier alpha value is -1.89. The van der Waals surface area contributed by atoms with E-state index in [9.17, 15) is 0 Å². The Morgan fingerprint density at radius 1 is 1.43 bits per heavy atom. The fraction of sp³-hybridized carbons (Fsp3) is 0.500. The minimum absolute atomic E-state index is 0.672. The van der Waals surface area contributed by atoms with Crippen molar-refractivity contribution in [1.82, 2.24) is 25.4 Å². The van der Waals surface area contributed by atoms with E-state index in [0.717, 1.165) is 37.7 Å². The van der Waals surface area contributed by atoms with Gasteiger partial charge in [0, 0.05) is 36.9 Å². The number of aliphatic imine (C=N–C) groups is 1. The molecule has 0 aliphatic carbocycles. The Morgan fingerprint density at radius 2 is 2.33 bits per heavy atom. The van der Waals surface area contributed by atoms with Crippen LogP contribution in [0.4, 0.5) is 0 Å². The summed E-state index contributed by atoms with van der Waals surface area (Å²) in [4.78, 5) is 10.0. The van der Waals surface area contributed by atoms with Crippen molar-refractivity contribution in [3.63, 3.8) is 0 Å². The second-order valence-corrected chi connectivity index (χ2v) is 5.54. The summed E-state index contributed by atoms with van der Waals surface area (Å²) in [5.41, 5.74) is 2.93. The van der Waals surface area contributed by atoms with Crippen molar-refractivity contribution >= 4 is 17.3 Å². The summed E-state index contributed by atoms with van der Waals surface area (Å²) >= 11 is 1.65. The molecule has 2 N–H and O–H groups in total. The fourth-order valence-electron chi connectivity index (χ4n) is 1.85. The van der Waals surface area contributed by atoms with Crippen LogP contribution in [0.3, 0.4) is 0 Å². The summed E-state index contributed by atoms with van der Waals surface area (Å²) < 4.78 is 1.94. The quantitative estimate of drug-likeness (QED) is 0.465. The van der Waals surface area contributed by atoms with Gasteiger partial charge in [0.25, 0.3) is 0 Å². The lowest BCUT2D eigenvalue weighted by Crippen LogP contribution is -2.38. The van der Waals surface area contributed by atoms with Crippen LogP contribution in [0.2, 0.25) is 0 Å². The first kappa shape index (κ1) is 15.5. The van der Waals surface area contributed by atoms with Crippen molar-refractivity contribution in [2.24, 2.45) is 4.99 Å². The second kappa shape index (κ2) is 8.41. The molecule has 7 heteroatoms. The van der Waals surface area contributed by atoms with E-state index < -0.39 is 0 Å². The third-order valence-electron chi connectivity index (χ3n) is 2.99. The number of hydrogen-bond donors (Lipinski definition) is 2. The predicted molar refractivity (Wildman–Crippen MR) is 86.5 cm³/mol. The smallest absolute Gasteiger partial charge is 0.191 e. The summed E-state index contributed by atoms with van der Waals surface area (Å²) in [5.74, 6) is 0.853. The lowest BCUT2D eigenvalue weighted by molar-refractivity contribution is 0.570. The molecular weight excluding hydrogens is 284 g/mol. The Morgan fingerprint density at radius 3 is 3.00 bits per heavy atom. The number of nitrogens with one attached hydrogen (secondary N) is 2. The average Bonchev–Trinajstić information content (AvgIpc) is 3.12. The van der Waals surface area contributed by atoms with Crippen molar-refractivity contribution in [3.05, 3.63) is 34.5 Å². The largest absolute Gasteiger partial charge is 0.357 e. The number of thiazole rings is 1. The van der Waals surface area contributed by atoms with Gasteiger partial charge in [-0.05, 0) is 26.3 Å². The number of nitrogens with zero attached hydrogens (tertiary/aromatic N) is 4. The Labute approximate surface area is 129 Å². The van der Waals surface area contributed by atoms with Crippen LogP contribution in [0, 0.1) is 6.92 Å². The zero-order chi connectivity index (χ0) is 14.9. The maximum atomic E-state index is 4.59. The van der Waals surface area contributed by atoms with Crippen LogP contribution in [-0.4, -0.2) is 33.8 Å². The maximum absolute atomic E-state index is 4.59. The van der Waals surface area contributed by atoms with E-state index in [2.05, 4.69) is 32.6 Å². The SMILES string of the molecule is CCNC(=NCc1scnc1C)NCCCn1cccn1. The van der Waals surface area contributed by atoms with E-state index in [4.69, 9.17) is 0 Å². The standard InChI is InChI=1S/C14H22N6S/c1-3-15-14(17-10-13-12(2)18-11-21-13)16-6-4-8-20-9-5-7-19-20/h5,7,9,11H,3-4,6,8,10H2,1-2H3,(H2,15,16,17). The van der Waals surface area contributed by atoms with Crippen molar-refractivity contribution in [1.29, 1.82) is 0 Å². The van der Waals surface area contributed by atoms with Gasteiger partial charge in [-0.1, -0.05) is 0 Å². The molecular formula is C14H22N6S. The summed E-state index contributed by atoms with van der Waals surface area (Å²) in [6.45, 7) is 7.39. The first-order chi connectivity index (χ1) is 10.3. The van der Waals surface area contributed by atoms with Gasteiger partial charge in [-0.15, -0.1) is 11.3 Å². The fourth-order valence-corrected chi connectivity index (χ4v) is 2.55. The first-order valence-electron chi connectivity index (χ1n) is 7.18. The van der Waals surface area contributed by atoms with Gasteiger partial charge < -0.3 is 10.6 Å². The highest BCUT2D eigenvalue weighted by Gasteiger charge is 2.02. The molecule has 0 aromatic carbocycles. The third kappa shape index (κ3) is 5.18. The van der Waals surface area contributed by atoms with E-state index in [1.54, 1.807) is 17.5 Å². The average molecular weight is 306 g/mol. The molecule has 0 fully saturated rings. The zero-order valence-corrected chi connectivity index (χ0v) is 13.4. The van der Waals surface area contributed by atoms with Crippen LogP contribution >= 0.6 is 11.3 Å². The molecule has 0 radical (unpaired) electrons. The van der Waals surface area contributed by atoms with Gasteiger partial charge in [-0.3, -0.25) is 4.68 Å². The summed E-state index contributed by atoms with van der Waals surface area (Å²) in [5, 5.41) is 10.8. The van der Waals surface area contributed by atoms with Gasteiger partial charge in [0.2, 0.25) is 0 Å². The molecule has 0 aliphatic rings. The topological polar surface area (TPSA) is 67.1 Å². The summed E-state index contributed by atoms with van der Waals surface area (Å²) in [6, 6.07) is 1.94. The molecule has 6 nitrogen and oxygen atoms in total. The van der Waals surface area contributed by atoms with Crippen LogP contribution in [0.1, 0.15) is 23.9 Å². The van der Waals surface area contributed by atoms with Crippen LogP contribution in [0.25, 0.3) is 0 Å². The minimum atomic E-state index is 0.672. The van der Waals surface area contributed by atoms with E-state index in [1.807, 2.05) is 29.4 Å². The molecule has 0 spiro atoms. The number of rotatable bonds is 7. The van der Waals surface area contributed by atoms with Crippen LogP contribution in [0.15, 0.2) is 29.0 Å². The van der Waals surface area contributed by atoms with E-state index in [0.29, 0.717) is 6.54 Å². The molecule has 2 heterocycles. The normalized spacial score (nSPS) is 11.6. The Kier molecular flexibility index (Phi) is 6.21. The van der Waals surface area contributed by atoms with Crippen molar-refractivity contribution in [3.8, 4) is 0 Å². The van der Waals surface area contributed by atoms with E-state index >= 15 is 0 Å².